The van der Waals surface area contributed by atoms with Gasteiger partial charge in [-0.2, -0.15) is 0 Å². The average Bonchev–Trinajstić information content (AvgIpc) is 2.25. The molecule has 0 N–H and O–H groups in total. The fourth-order valence-corrected chi connectivity index (χ4v) is 8.79. The van der Waals surface area contributed by atoms with E-state index in [4.69, 9.17) is 0 Å². The van der Waals surface area contributed by atoms with Gasteiger partial charge in [0.25, 0.3) is 0 Å². The van der Waals surface area contributed by atoms with E-state index in [2.05, 4.69) is 0 Å². The molecule has 0 atom stereocenters. The van der Waals surface area contributed by atoms with Crippen LogP contribution in [-0.4, -0.2) is 28.3 Å². The van der Waals surface area contributed by atoms with Gasteiger partial charge in [-0.1, -0.05) is 51.1 Å². The molecule has 112 valence electrons. The van der Waals surface area contributed by atoms with E-state index < -0.39 is 24.3 Å². The summed E-state index contributed by atoms with van der Waals surface area (Å²) in [5, 5.41) is 0. The minimum atomic E-state index is -3.70. The van der Waals surface area contributed by atoms with Gasteiger partial charge in [-0.3, -0.25) is 0 Å². The van der Waals surface area contributed by atoms with Crippen LogP contribution in [0, 0.1) is 11.3 Å². The Hall–Kier alpha value is -0.880. The molecule has 1 aliphatic heterocycles. The van der Waals surface area contributed by atoms with Crippen molar-refractivity contribution in [2.45, 2.75) is 25.4 Å². The Bertz CT molecular complexity index is 646. The lowest BCUT2D eigenvalue weighted by atomic mass is 9.83. The van der Waals surface area contributed by atoms with Gasteiger partial charge in [0.1, 0.15) is 0 Å². The van der Waals surface area contributed by atoms with Crippen molar-refractivity contribution >= 4 is 19.7 Å². The van der Waals surface area contributed by atoms with Crippen LogP contribution in [-0.2, 0) is 19.7 Å². The first-order chi connectivity index (χ1) is 9.04. The summed E-state index contributed by atoms with van der Waals surface area (Å²) >= 11 is 0. The number of hydrogen-bond acceptors (Lipinski definition) is 4. The molecule has 0 aromatic heterocycles. The third-order valence-corrected chi connectivity index (χ3v) is 9.16. The molecule has 0 saturated carbocycles. The quantitative estimate of drug-likeness (QED) is 0.796. The lowest BCUT2D eigenvalue weighted by Gasteiger charge is -2.36. The third-order valence-electron chi connectivity index (χ3n) is 3.82. The van der Waals surface area contributed by atoms with Crippen LogP contribution in [0.15, 0.2) is 30.3 Å². The van der Waals surface area contributed by atoms with Crippen molar-refractivity contribution in [2.24, 2.45) is 11.3 Å². The maximum atomic E-state index is 12.5. The van der Waals surface area contributed by atoms with Gasteiger partial charge in [0.05, 0.1) is 11.5 Å². The molecule has 1 aromatic carbocycles. The Balaban J connectivity index is 2.52. The fraction of sp³-hybridized carbons (Fsp3) is 0.571. The predicted molar refractivity (Wildman–Crippen MR) is 79.7 cm³/mol. The molecule has 1 aliphatic rings. The predicted octanol–water partition coefficient (Wildman–Crippen LogP) is 2.19. The SMILES string of the molecule is CC(C)(C)C1CS(=O)(=O)C(c2ccccc2)S(=O)(=O)C1. The number of rotatable bonds is 1. The van der Waals surface area contributed by atoms with Crippen LogP contribution >= 0.6 is 0 Å². The van der Waals surface area contributed by atoms with Gasteiger partial charge in [-0.15, -0.1) is 0 Å². The van der Waals surface area contributed by atoms with Crippen LogP contribution in [0.4, 0.5) is 0 Å². The summed E-state index contributed by atoms with van der Waals surface area (Å²) in [6.07, 6.45) is 0. The monoisotopic (exact) mass is 316 g/mol. The molecule has 6 heteroatoms. The molecular formula is C14H20O4S2. The highest BCUT2D eigenvalue weighted by atomic mass is 32.3. The van der Waals surface area contributed by atoms with Gasteiger partial charge in [-0.25, -0.2) is 16.8 Å². The van der Waals surface area contributed by atoms with Gasteiger partial charge in [0.15, 0.2) is 24.3 Å². The Kier molecular flexibility index (Phi) is 3.75. The minimum absolute atomic E-state index is 0.0741. The van der Waals surface area contributed by atoms with Crippen molar-refractivity contribution in [2.75, 3.05) is 11.5 Å². The second kappa shape index (κ2) is 4.84. The molecule has 0 radical (unpaired) electrons. The first kappa shape index (κ1) is 15.5. The Labute approximate surface area is 121 Å². The van der Waals surface area contributed by atoms with E-state index in [1.54, 1.807) is 30.3 Å². The van der Waals surface area contributed by atoms with E-state index in [0.29, 0.717) is 5.56 Å². The summed E-state index contributed by atoms with van der Waals surface area (Å²) in [6.45, 7) is 5.64. The van der Waals surface area contributed by atoms with Gasteiger partial charge in [0, 0.05) is 0 Å². The number of sulfone groups is 2. The highest BCUT2D eigenvalue weighted by Crippen LogP contribution is 2.41. The van der Waals surface area contributed by atoms with Crippen LogP contribution in [0.5, 0.6) is 0 Å². The maximum absolute atomic E-state index is 12.5. The summed E-state index contributed by atoms with van der Waals surface area (Å²) < 4.78 is 48.5. The van der Waals surface area contributed by atoms with Gasteiger partial charge >= 0.3 is 0 Å². The van der Waals surface area contributed by atoms with Crippen molar-refractivity contribution in [3.63, 3.8) is 0 Å². The average molecular weight is 316 g/mol. The van der Waals surface area contributed by atoms with Gasteiger partial charge in [-0.05, 0) is 16.9 Å². The van der Waals surface area contributed by atoms with Crippen molar-refractivity contribution in [3.05, 3.63) is 35.9 Å². The fourth-order valence-electron chi connectivity index (χ4n) is 2.53. The molecule has 4 nitrogen and oxygen atoms in total. The zero-order valence-corrected chi connectivity index (χ0v) is 13.5. The molecule has 2 rings (SSSR count). The van der Waals surface area contributed by atoms with Crippen LogP contribution in [0.25, 0.3) is 0 Å². The minimum Gasteiger partial charge on any atom is -0.227 e. The van der Waals surface area contributed by atoms with E-state index >= 15 is 0 Å². The van der Waals surface area contributed by atoms with Crippen molar-refractivity contribution in [3.8, 4) is 0 Å². The topological polar surface area (TPSA) is 68.3 Å². The lowest BCUT2D eigenvalue weighted by molar-refractivity contribution is 0.284. The summed E-state index contributed by atoms with van der Waals surface area (Å²) in [4.78, 5) is 0. The van der Waals surface area contributed by atoms with E-state index in [1.165, 1.54) is 0 Å². The highest BCUT2D eigenvalue weighted by molar-refractivity contribution is 8.09. The Morgan fingerprint density at radius 2 is 1.35 bits per heavy atom. The number of hydrogen-bond donors (Lipinski definition) is 0. The summed E-state index contributed by atoms with van der Waals surface area (Å²) in [6, 6.07) is 8.20. The largest absolute Gasteiger partial charge is 0.227 e. The highest BCUT2D eigenvalue weighted by Gasteiger charge is 2.48. The Morgan fingerprint density at radius 3 is 1.75 bits per heavy atom. The van der Waals surface area contributed by atoms with E-state index in [0.717, 1.165) is 0 Å². The van der Waals surface area contributed by atoms with Crippen LogP contribution in [0.2, 0.25) is 0 Å². The van der Waals surface area contributed by atoms with Crippen molar-refractivity contribution in [1.82, 2.24) is 0 Å². The molecular weight excluding hydrogens is 296 g/mol. The second-order valence-corrected chi connectivity index (χ2v) is 11.0. The Morgan fingerprint density at radius 1 is 0.900 bits per heavy atom. The van der Waals surface area contributed by atoms with Gasteiger partial charge in [0.2, 0.25) is 0 Å². The summed E-state index contributed by atoms with van der Waals surface area (Å²) in [5.41, 5.74) is 0.00165. The van der Waals surface area contributed by atoms with Crippen LogP contribution in [0.1, 0.15) is 30.9 Å². The zero-order valence-electron chi connectivity index (χ0n) is 11.9. The van der Waals surface area contributed by atoms with E-state index in [-0.39, 0.29) is 22.8 Å². The first-order valence-electron chi connectivity index (χ1n) is 6.52. The molecule has 0 bridgehead atoms. The third kappa shape index (κ3) is 2.91. The van der Waals surface area contributed by atoms with E-state index in [9.17, 15) is 16.8 Å². The second-order valence-electron chi connectivity index (χ2n) is 6.46. The van der Waals surface area contributed by atoms with Crippen molar-refractivity contribution < 1.29 is 16.8 Å². The zero-order chi connectivity index (χ0) is 15.2. The first-order valence-corrected chi connectivity index (χ1v) is 9.95. The van der Waals surface area contributed by atoms with E-state index in [1.807, 2.05) is 20.8 Å². The van der Waals surface area contributed by atoms with Gasteiger partial charge < -0.3 is 0 Å². The van der Waals surface area contributed by atoms with Crippen LogP contribution < -0.4 is 0 Å². The molecule has 1 aromatic rings. The molecule has 20 heavy (non-hydrogen) atoms. The molecule has 1 saturated heterocycles. The normalized spacial score (nSPS) is 28.9. The number of benzene rings is 1. The maximum Gasteiger partial charge on any atom is 0.187 e. The lowest BCUT2D eigenvalue weighted by Crippen LogP contribution is -2.43. The molecule has 0 spiro atoms. The standard InChI is InChI=1S/C14H20O4S2/c1-14(2,3)12-9-19(15,16)13(20(17,18)10-12)11-7-5-4-6-8-11/h4-8,12-13H,9-10H2,1-3H3. The summed E-state index contributed by atoms with van der Waals surface area (Å²) in [5.74, 6) is -0.512. The molecule has 1 heterocycles. The smallest absolute Gasteiger partial charge is 0.187 e. The molecule has 0 amide bonds. The molecule has 0 aliphatic carbocycles. The van der Waals surface area contributed by atoms with Crippen molar-refractivity contribution in [1.29, 1.82) is 0 Å². The molecule has 1 fully saturated rings. The molecule has 0 unspecified atom stereocenters. The van der Waals surface area contributed by atoms with Crippen LogP contribution in [0.3, 0.4) is 0 Å². The summed E-state index contributed by atoms with van der Waals surface area (Å²) in [7, 11) is -7.41.